The molecule has 23 heavy (non-hydrogen) atoms. The first-order valence-electron chi connectivity index (χ1n) is 7.80. The van der Waals surface area contributed by atoms with E-state index in [2.05, 4.69) is 15.4 Å². The third-order valence-corrected chi connectivity index (χ3v) is 3.73. The van der Waals surface area contributed by atoms with Gasteiger partial charge in [-0.1, -0.05) is 0 Å². The first-order valence-corrected chi connectivity index (χ1v) is 7.80. The van der Waals surface area contributed by atoms with Gasteiger partial charge in [0.15, 0.2) is 11.8 Å². The van der Waals surface area contributed by atoms with Crippen LogP contribution in [0, 0.1) is 0 Å². The van der Waals surface area contributed by atoms with Gasteiger partial charge in [0, 0.05) is 23.7 Å². The highest BCUT2D eigenvalue weighted by Crippen LogP contribution is 2.19. The van der Waals surface area contributed by atoms with E-state index in [-0.39, 0.29) is 18.0 Å². The van der Waals surface area contributed by atoms with Crippen LogP contribution in [0.5, 0.6) is 0 Å². The molecule has 0 unspecified atom stereocenters. The van der Waals surface area contributed by atoms with Gasteiger partial charge >= 0.3 is 5.97 Å². The summed E-state index contributed by atoms with van der Waals surface area (Å²) in [6, 6.07) is 2.11. The van der Waals surface area contributed by atoms with Crippen LogP contribution >= 0.6 is 0 Å². The molecule has 7 nitrogen and oxygen atoms in total. The monoisotopic (exact) mass is 316 g/mol. The third kappa shape index (κ3) is 3.33. The van der Waals surface area contributed by atoms with E-state index in [1.807, 2.05) is 13.8 Å². The van der Waals surface area contributed by atoms with Crippen LogP contribution in [0.2, 0.25) is 0 Å². The number of ether oxygens (including phenoxy) is 1. The average Bonchev–Trinajstić information content (AvgIpc) is 3.22. The van der Waals surface area contributed by atoms with Crippen LogP contribution in [0.1, 0.15) is 50.0 Å². The van der Waals surface area contributed by atoms with Gasteiger partial charge in [0.25, 0.3) is 5.91 Å². The Labute approximate surface area is 134 Å². The minimum absolute atomic E-state index is 0.184. The molecule has 2 aromatic rings. The van der Waals surface area contributed by atoms with E-state index in [9.17, 15) is 9.59 Å². The number of esters is 1. The Morgan fingerprint density at radius 2 is 2.04 bits per heavy atom. The normalized spacial score (nSPS) is 15.7. The SMILES string of the molecule is CC(C)n1ncc2cc(C(=O)O[C@@H](C)C(=O)NC3CC3)cnc21. The lowest BCUT2D eigenvalue weighted by molar-refractivity contribution is -0.129. The molecule has 1 amide bonds. The van der Waals surface area contributed by atoms with Gasteiger partial charge in [0.2, 0.25) is 0 Å². The summed E-state index contributed by atoms with van der Waals surface area (Å²) in [6.45, 7) is 5.59. The van der Waals surface area contributed by atoms with Crippen LogP contribution in [0.4, 0.5) is 0 Å². The van der Waals surface area contributed by atoms with Crippen molar-refractivity contribution in [1.29, 1.82) is 0 Å². The van der Waals surface area contributed by atoms with Crippen molar-refractivity contribution in [3.63, 3.8) is 0 Å². The highest BCUT2D eigenvalue weighted by atomic mass is 16.5. The molecule has 1 N–H and O–H groups in total. The van der Waals surface area contributed by atoms with Crippen LogP contribution in [-0.2, 0) is 9.53 Å². The second-order valence-corrected chi connectivity index (χ2v) is 6.15. The number of hydrogen-bond acceptors (Lipinski definition) is 5. The second kappa shape index (κ2) is 5.98. The molecule has 1 saturated carbocycles. The summed E-state index contributed by atoms with van der Waals surface area (Å²) < 4.78 is 7.00. The lowest BCUT2D eigenvalue weighted by Gasteiger charge is -2.13. The Balaban J connectivity index is 1.71. The number of hydrogen-bond donors (Lipinski definition) is 1. The number of nitrogens with one attached hydrogen (secondary N) is 1. The number of rotatable bonds is 5. The minimum Gasteiger partial charge on any atom is -0.449 e. The molecule has 1 aliphatic rings. The average molecular weight is 316 g/mol. The Bertz CT molecular complexity index is 749. The number of carbonyl (C=O) groups excluding carboxylic acids is 2. The molecule has 122 valence electrons. The molecule has 0 radical (unpaired) electrons. The van der Waals surface area contributed by atoms with Crippen molar-refractivity contribution in [3.8, 4) is 0 Å². The molecule has 0 aliphatic heterocycles. The molecule has 7 heteroatoms. The van der Waals surface area contributed by atoms with Gasteiger partial charge in [0.05, 0.1) is 11.8 Å². The maximum atomic E-state index is 12.2. The van der Waals surface area contributed by atoms with Crippen molar-refractivity contribution < 1.29 is 14.3 Å². The van der Waals surface area contributed by atoms with E-state index >= 15 is 0 Å². The standard InChI is InChI=1S/C16H20N4O3/c1-9(2)20-14-11(8-18-20)6-12(7-17-14)16(22)23-10(3)15(21)19-13-4-5-13/h6-10,13H,4-5H2,1-3H3,(H,19,21)/t10-/m0/s1. The van der Waals surface area contributed by atoms with E-state index in [0.29, 0.717) is 5.56 Å². The van der Waals surface area contributed by atoms with E-state index < -0.39 is 12.1 Å². The second-order valence-electron chi connectivity index (χ2n) is 6.15. The van der Waals surface area contributed by atoms with Gasteiger partial charge in [0.1, 0.15) is 0 Å². The highest BCUT2D eigenvalue weighted by Gasteiger charge is 2.27. The quantitative estimate of drug-likeness (QED) is 0.851. The fourth-order valence-electron chi connectivity index (χ4n) is 2.26. The number of fused-ring (bicyclic) bond motifs is 1. The minimum atomic E-state index is -0.822. The fraction of sp³-hybridized carbons (Fsp3) is 0.500. The summed E-state index contributed by atoms with van der Waals surface area (Å²) in [6.07, 6.45) is 4.29. The summed E-state index contributed by atoms with van der Waals surface area (Å²) in [4.78, 5) is 28.3. The van der Waals surface area contributed by atoms with Gasteiger partial charge in [-0.3, -0.25) is 4.79 Å². The first-order chi connectivity index (χ1) is 11.0. The summed E-state index contributed by atoms with van der Waals surface area (Å²) in [5.41, 5.74) is 1.03. The number of pyridine rings is 1. The molecule has 0 bridgehead atoms. The Kier molecular flexibility index (Phi) is 4.02. The molecule has 0 spiro atoms. The molecular weight excluding hydrogens is 296 g/mol. The van der Waals surface area contributed by atoms with Gasteiger partial charge in [-0.25, -0.2) is 14.5 Å². The molecule has 2 heterocycles. The lowest BCUT2D eigenvalue weighted by Crippen LogP contribution is -2.37. The first kappa shape index (κ1) is 15.5. The van der Waals surface area contributed by atoms with Gasteiger partial charge < -0.3 is 10.1 Å². The third-order valence-electron chi connectivity index (χ3n) is 3.73. The maximum Gasteiger partial charge on any atom is 0.340 e. The predicted molar refractivity (Wildman–Crippen MR) is 84.0 cm³/mol. The van der Waals surface area contributed by atoms with Crippen molar-refractivity contribution in [2.75, 3.05) is 0 Å². The van der Waals surface area contributed by atoms with Crippen molar-refractivity contribution in [3.05, 3.63) is 24.0 Å². The van der Waals surface area contributed by atoms with Crippen LogP contribution in [-0.4, -0.2) is 38.8 Å². The van der Waals surface area contributed by atoms with Gasteiger partial charge in [-0.05, 0) is 39.7 Å². The Hall–Kier alpha value is -2.44. The molecular formula is C16H20N4O3. The van der Waals surface area contributed by atoms with Crippen LogP contribution in [0.25, 0.3) is 11.0 Å². The smallest absolute Gasteiger partial charge is 0.340 e. The molecule has 1 aliphatic carbocycles. The zero-order valence-corrected chi connectivity index (χ0v) is 13.4. The topological polar surface area (TPSA) is 86.1 Å². The molecule has 0 saturated heterocycles. The molecule has 2 aromatic heterocycles. The highest BCUT2D eigenvalue weighted by molar-refractivity contribution is 5.94. The number of amides is 1. The summed E-state index contributed by atoms with van der Waals surface area (Å²) >= 11 is 0. The van der Waals surface area contributed by atoms with Gasteiger partial charge in [-0.15, -0.1) is 0 Å². The zero-order chi connectivity index (χ0) is 16.6. The van der Waals surface area contributed by atoms with Crippen LogP contribution < -0.4 is 5.32 Å². The van der Waals surface area contributed by atoms with E-state index in [1.165, 1.54) is 6.20 Å². The summed E-state index contributed by atoms with van der Waals surface area (Å²) in [7, 11) is 0. The lowest BCUT2D eigenvalue weighted by atomic mass is 10.2. The zero-order valence-electron chi connectivity index (χ0n) is 13.4. The Morgan fingerprint density at radius 3 is 2.70 bits per heavy atom. The number of nitrogens with zero attached hydrogens (tertiary/aromatic N) is 3. The van der Waals surface area contributed by atoms with E-state index in [4.69, 9.17) is 4.74 Å². The van der Waals surface area contributed by atoms with E-state index in [0.717, 1.165) is 23.9 Å². The molecule has 1 fully saturated rings. The largest absolute Gasteiger partial charge is 0.449 e. The number of aromatic nitrogens is 3. The number of carbonyl (C=O) groups is 2. The van der Waals surface area contributed by atoms with Crippen molar-refractivity contribution in [2.24, 2.45) is 0 Å². The summed E-state index contributed by atoms with van der Waals surface area (Å²) in [5, 5.41) is 7.84. The van der Waals surface area contributed by atoms with E-state index in [1.54, 1.807) is 23.9 Å². The molecule has 3 rings (SSSR count). The van der Waals surface area contributed by atoms with Crippen molar-refractivity contribution in [1.82, 2.24) is 20.1 Å². The molecule has 0 aromatic carbocycles. The van der Waals surface area contributed by atoms with Crippen molar-refractivity contribution >= 4 is 22.9 Å². The van der Waals surface area contributed by atoms with Crippen molar-refractivity contribution in [2.45, 2.75) is 51.8 Å². The predicted octanol–water partition coefficient (Wildman–Crippen LogP) is 1.84. The van der Waals surface area contributed by atoms with Gasteiger partial charge in [-0.2, -0.15) is 5.10 Å². The fourth-order valence-corrected chi connectivity index (χ4v) is 2.26. The maximum absolute atomic E-state index is 12.2. The van der Waals surface area contributed by atoms with Crippen LogP contribution in [0.15, 0.2) is 18.5 Å². The van der Waals surface area contributed by atoms with Crippen LogP contribution in [0.3, 0.4) is 0 Å². The summed E-state index contributed by atoms with van der Waals surface area (Å²) in [5.74, 6) is -0.822. The molecule has 1 atom stereocenters. The Morgan fingerprint density at radius 1 is 1.30 bits per heavy atom.